The van der Waals surface area contributed by atoms with Crippen molar-refractivity contribution < 1.29 is 22.7 Å². The predicted molar refractivity (Wildman–Crippen MR) is 103 cm³/mol. The highest BCUT2D eigenvalue weighted by molar-refractivity contribution is 7.89. The van der Waals surface area contributed by atoms with Crippen LogP contribution in [-0.2, 0) is 19.6 Å². The molecule has 0 bridgehead atoms. The monoisotopic (exact) mass is 401 g/mol. The molecule has 2 aromatic carbocycles. The van der Waals surface area contributed by atoms with Crippen molar-refractivity contribution in [1.82, 2.24) is 4.31 Å². The Morgan fingerprint density at radius 3 is 2.75 bits per heavy atom. The maximum Gasteiger partial charge on any atom is 0.262 e. The first-order chi connectivity index (χ1) is 13.4. The number of nitrogens with zero attached hydrogens (tertiary/aromatic N) is 1. The average molecular weight is 401 g/mol. The van der Waals surface area contributed by atoms with Crippen molar-refractivity contribution in [1.29, 1.82) is 0 Å². The van der Waals surface area contributed by atoms with E-state index in [4.69, 9.17) is 4.74 Å². The van der Waals surface area contributed by atoms with Crippen molar-refractivity contribution in [2.45, 2.75) is 23.8 Å². The molecule has 28 heavy (non-hydrogen) atoms. The lowest BCUT2D eigenvalue weighted by Gasteiger charge is -2.24. The molecular formula is C19H19N3O5S. The Morgan fingerprint density at radius 1 is 1.18 bits per heavy atom. The summed E-state index contributed by atoms with van der Waals surface area (Å²) in [5, 5.41) is 5.43. The SMILES string of the molecule is O=C1COc2ccc(NC(=O)C3CCCN3S(=O)(=O)c3ccccc3)cc2N1. The number of benzene rings is 2. The molecule has 8 nitrogen and oxygen atoms in total. The first-order valence-electron chi connectivity index (χ1n) is 8.89. The molecule has 0 radical (unpaired) electrons. The van der Waals surface area contributed by atoms with Crippen LogP contribution < -0.4 is 15.4 Å². The zero-order chi connectivity index (χ0) is 19.7. The van der Waals surface area contributed by atoms with Crippen molar-refractivity contribution >= 4 is 33.2 Å². The molecule has 9 heteroatoms. The van der Waals surface area contributed by atoms with E-state index in [0.29, 0.717) is 36.5 Å². The first-order valence-corrected chi connectivity index (χ1v) is 10.3. The molecule has 4 rings (SSSR count). The second-order valence-electron chi connectivity index (χ2n) is 6.62. The Kier molecular flexibility index (Phi) is 4.78. The minimum Gasteiger partial charge on any atom is -0.482 e. The van der Waals surface area contributed by atoms with Gasteiger partial charge in [0.05, 0.1) is 10.6 Å². The minimum atomic E-state index is -3.75. The number of carbonyl (C=O) groups is 2. The summed E-state index contributed by atoms with van der Waals surface area (Å²) in [5.74, 6) is -0.154. The number of hydrogen-bond donors (Lipinski definition) is 2. The number of fused-ring (bicyclic) bond motifs is 1. The second kappa shape index (κ2) is 7.25. The van der Waals surface area contributed by atoms with Crippen LogP contribution >= 0.6 is 0 Å². The molecule has 0 spiro atoms. The number of nitrogens with one attached hydrogen (secondary N) is 2. The predicted octanol–water partition coefficient (Wildman–Crippen LogP) is 1.81. The van der Waals surface area contributed by atoms with Gasteiger partial charge in [0.1, 0.15) is 11.8 Å². The van der Waals surface area contributed by atoms with Gasteiger partial charge in [-0.15, -0.1) is 0 Å². The average Bonchev–Trinajstić information content (AvgIpc) is 3.19. The van der Waals surface area contributed by atoms with Crippen molar-refractivity contribution in [3.63, 3.8) is 0 Å². The first kappa shape index (κ1) is 18.5. The van der Waals surface area contributed by atoms with Crippen molar-refractivity contribution in [2.24, 2.45) is 0 Å². The fraction of sp³-hybridized carbons (Fsp3) is 0.263. The van der Waals surface area contributed by atoms with E-state index in [0.717, 1.165) is 0 Å². The van der Waals surface area contributed by atoms with Crippen LogP contribution in [-0.4, -0.2) is 43.7 Å². The topological polar surface area (TPSA) is 105 Å². The molecule has 0 aromatic heterocycles. The molecule has 1 unspecified atom stereocenters. The summed E-state index contributed by atoms with van der Waals surface area (Å²) in [6, 6.07) is 12.2. The standard InChI is InChI=1S/C19H19N3O5S/c23-18-12-27-17-9-8-13(11-15(17)21-18)20-19(24)16-7-4-10-22(16)28(25,26)14-5-2-1-3-6-14/h1-3,5-6,8-9,11,16H,4,7,10,12H2,(H,20,24)(H,21,23). The van der Waals surface area contributed by atoms with Gasteiger partial charge in [-0.3, -0.25) is 9.59 Å². The number of ether oxygens (including phenoxy) is 1. The van der Waals surface area contributed by atoms with Gasteiger partial charge in [0, 0.05) is 12.2 Å². The van der Waals surface area contributed by atoms with E-state index in [-0.39, 0.29) is 17.4 Å². The molecule has 0 saturated carbocycles. The summed E-state index contributed by atoms with van der Waals surface area (Å²) >= 11 is 0. The fourth-order valence-electron chi connectivity index (χ4n) is 3.40. The number of rotatable bonds is 4. The highest BCUT2D eigenvalue weighted by atomic mass is 32.2. The summed E-state index contributed by atoms with van der Waals surface area (Å²) in [7, 11) is -3.75. The molecule has 2 aliphatic rings. The van der Waals surface area contributed by atoms with Gasteiger partial charge in [0.2, 0.25) is 15.9 Å². The summed E-state index contributed by atoms with van der Waals surface area (Å²) in [5.41, 5.74) is 0.924. The van der Waals surface area contributed by atoms with E-state index in [1.54, 1.807) is 36.4 Å². The number of carbonyl (C=O) groups excluding carboxylic acids is 2. The molecule has 2 aromatic rings. The van der Waals surface area contributed by atoms with Gasteiger partial charge in [0.15, 0.2) is 6.61 Å². The molecule has 2 N–H and O–H groups in total. The van der Waals surface area contributed by atoms with Crippen LogP contribution in [0.5, 0.6) is 5.75 Å². The fourth-order valence-corrected chi connectivity index (χ4v) is 5.08. The smallest absolute Gasteiger partial charge is 0.262 e. The molecule has 2 aliphatic heterocycles. The lowest BCUT2D eigenvalue weighted by molar-refractivity contribution is -0.119. The zero-order valence-corrected chi connectivity index (χ0v) is 15.7. The number of anilines is 2. The van der Waals surface area contributed by atoms with Crippen molar-refractivity contribution in [3.05, 3.63) is 48.5 Å². The largest absolute Gasteiger partial charge is 0.482 e. The highest BCUT2D eigenvalue weighted by Crippen LogP contribution is 2.31. The van der Waals surface area contributed by atoms with Crippen LogP contribution in [0.3, 0.4) is 0 Å². The highest BCUT2D eigenvalue weighted by Gasteiger charge is 2.39. The summed E-state index contributed by atoms with van der Waals surface area (Å²) in [6.07, 6.45) is 1.06. The molecule has 1 fully saturated rings. The molecule has 2 heterocycles. The molecule has 146 valence electrons. The Labute approximate surface area is 162 Å². The third-order valence-electron chi connectivity index (χ3n) is 4.74. The van der Waals surface area contributed by atoms with E-state index in [1.165, 1.54) is 16.4 Å². The maximum absolute atomic E-state index is 12.9. The Morgan fingerprint density at radius 2 is 1.96 bits per heavy atom. The van der Waals surface area contributed by atoms with Gasteiger partial charge in [-0.1, -0.05) is 18.2 Å². The third-order valence-corrected chi connectivity index (χ3v) is 6.66. The molecular weight excluding hydrogens is 382 g/mol. The van der Waals surface area contributed by atoms with Gasteiger partial charge >= 0.3 is 0 Å². The molecule has 2 amide bonds. The second-order valence-corrected chi connectivity index (χ2v) is 8.51. The van der Waals surface area contributed by atoms with E-state index >= 15 is 0 Å². The van der Waals surface area contributed by atoms with Crippen LogP contribution in [0.15, 0.2) is 53.4 Å². The minimum absolute atomic E-state index is 0.0485. The zero-order valence-electron chi connectivity index (χ0n) is 14.9. The molecule has 1 saturated heterocycles. The lowest BCUT2D eigenvalue weighted by atomic mass is 10.2. The van der Waals surface area contributed by atoms with Crippen molar-refractivity contribution in [2.75, 3.05) is 23.8 Å². The summed E-state index contributed by atoms with van der Waals surface area (Å²) in [4.78, 5) is 24.4. The van der Waals surface area contributed by atoms with Crippen LogP contribution in [0.1, 0.15) is 12.8 Å². The quantitative estimate of drug-likeness (QED) is 0.813. The molecule has 1 atom stereocenters. The molecule has 0 aliphatic carbocycles. The van der Waals surface area contributed by atoms with E-state index < -0.39 is 22.0 Å². The van der Waals surface area contributed by atoms with Crippen molar-refractivity contribution in [3.8, 4) is 5.75 Å². The summed E-state index contributed by atoms with van der Waals surface area (Å²) < 4.78 is 32.4. The normalized spacial score (nSPS) is 19.4. The van der Waals surface area contributed by atoms with Crippen LogP contribution in [0.4, 0.5) is 11.4 Å². The van der Waals surface area contributed by atoms with Gasteiger partial charge in [-0.25, -0.2) is 8.42 Å². The third kappa shape index (κ3) is 3.46. The van der Waals surface area contributed by atoms with Gasteiger partial charge < -0.3 is 15.4 Å². The Hall–Kier alpha value is -2.91. The Bertz CT molecular complexity index is 1020. The van der Waals surface area contributed by atoms with Crippen LogP contribution in [0.25, 0.3) is 0 Å². The number of amides is 2. The maximum atomic E-state index is 12.9. The number of hydrogen-bond acceptors (Lipinski definition) is 5. The van der Waals surface area contributed by atoms with Crippen LogP contribution in [0.2, 0.25) is 0 Å². The van der Waals surface area contributed by atoms with E-state index in [2.05, 4.69) is 10.6 Å². The lowest BCUT2D eigenvalue weighted by Crippen LogP contribution is -2.43. The Balaban J connectivity index is 1.53. The van der Waals surface area contributed by atoms with E-state index in [9.17, 15) is 18.0 Å². The summed E-state index contributed by atoms with van der Waals surface area (Å²) in [6.45, 7) is 0.247. The number of sulfonamides is 1. The van der Waals surface area contributed by atoms with Gasteiger partial charge in [0.25, 0.3) is 5.91 Å². The van der Waals surface area contributed by atoms with Gasteiger partial charge in [-0.2, -0.15) is 4.31 Å². The van der Waals surface area contributed by atoms with Crippen LogP contribution in [0, 0.1) is 0 Å². The van der Waals surface area contributed by atoms with E-state index in [1.807, 2.05) is 0 Å². The van der Waals surface area contributed by atoms with Gasteiger partial charge in [-0.05, 0) is 43.2 Å².